The van der Waals surface area contributed by atoms with E-state index in [2.05, 4.69) is 19.2 Å². The third kappa shape index (κ3) is 3.11. The molecule has 0 aliphatic carbocycles. The van der Waals surface area contributed by atoms with Crippen molar-refractivity contribution in [1.29, 1.82) is 0 Å². The van der Waals surface area contributed by atoms with Crippen LogP contribution in [0.1, 0.15) is 30.9 Å². The zero-order valence-electron chi connectivity index (χ0n) is 15.4. The fraction of sp³-hybridized carbons (Fsp3) is 0.190. The first-order chi connectivity index (χ1) is 13.4. The van der Waals surface area contributed by atoms with Crippen molar-refractivity contribution in [1.82, 2.24) is 5.32 Å². The van der Waals surface area contributed by atoms with E-state index in [9.17, 15) is 14.4 Å². The lowest BCUT2D eigenvalue weighted by molar-refractivity contribution is -0.122. The highest BCUT2D eigenvalue weighted by Crippen LogP contribution is 2.33. The van der Waals surface area contributed by atoms with Crippen molar-refractivity contribution in [3.63, 3.8) is 0 Å². The van der Waals surface area contributed by atoms with Gasteiger partial charge in [0.25, 0.3) is 11.8 Å². The minimum Gasteiger partial charge on any atom is -0.454 e. The van der Waals surface area contributed by atoms with Crippen LogP contribution in [-0.2, 0) is 9.59 Å². The molecule has 4 rings (SSSR count). The summed E-state index contributed by atoms with van der Waals surface area (Å²) in [5, 5.41) is 2.22. The summed E-state index contributed by atoms with van der Waals surface area (Å²) in [6, 6.07) is 11.4. The molecule has 1 N–H and O–H groups in total. The molecule has 0 spiro atoms. The van der Waals surface area contributed by atoms with Gasteiger partial charge >= 0.3 is 6.03 Å². The van der Waals surface area contributed by atoms with Crippen LogP contribution in [-0.4, -0.2) is 24.6 Å². The average Bonchev–Trinajstić information content (AvgIpc) is 3.13. The Labute approximate surface area is 161 Å². The molecule has 2 heterocycles. The van der Waals surface area contributed by atoms with Crippen LogP contribution in [0, 0.1) is 0 Å². The molecule has 2 aromatic carbocycles. The number of hydrogen-bond donors (Lipinski definition) is 1. The highest BCUT2D eigenvalue weighted by atomic mass is 16.7. The Hall–Kier alpha value is -3.61. The Morgan fingerprint density at radius 1 is 1.00 bits per heavy atom. The molecule has 2 aliphatic rings. The van der Waals surface area contributed by atoms with Gasteiger partial charge in [-0.15, -0.1) is 0 Å². The molecule has 2 aromatic rings. The lowest BCUT2D eigenvalue weighted by atomic mass is 10.0. The van der Waals surface area contributed by atoms with E-state index in [0.717, 1.165) is 10.5 Å². The smallest absolute Gasteiger partial charge is 0.335 e. The molecule has 2 aliphatic heterocycles. The number of nitrogens with one attached hydrogen (secondary N) is 1. The summed E-state index contributed by atoms with van der Waals surface area (Å²) in [5.41, 5.74) is 1.94. The zero-order chi connectivity index (χ0) is 19.8. The van der Waals surface area contributed by atoms with Crippen LogP contribution in [0.2, 0.25) is 0 Å². The SMILES string of the molecule is CC(C)c1ccc(N2C(=O)NC(=O)/C(=C/c3ccc4c(c3)OCO4)C2=O)cc1. The molecule has 0 bridgehead atoms. The summed E-state index contributed by atoms with van der Waals surface area (Å²) in [6.45, 7) is 4.24. The fourth-order valence-electron chi connectivity index (χ4n) is 3.07. The number of ether oxygens (including phenoxy) is 2. The molecule has 0 atom stereocenters. The minimum absolute atomic E-state index is 0.128. The highest BCUT2D eigenvalue weighted by Gasteiger charge is 2.36. The second kappa shape index (κ2) is 6.84. The molecular formula is C21H18N2O5. The Morgan fingerprint density at radius 2 is 1.71 bits per heavy atom. The van der Waals surface area contributed by atoms with Crippen molar-refractivity contribution in [3.8, 4) is 11.5 Å². The predicted molar refractivity (Wildman–Crippen MR) is 102 cm³/mol. The van der Waals surface area contributed by atoms with Crippen molar-refractivity contribution in [2.45, 2.75) is 19.8 Å². The molecule has 0 unspecified atom stereocenters. The third-order valence-corrected chi connectivity index (χ3v) is 4.63. The standard InChI is InChI=1S/C21H18N2O5/c1-12(2)14-4-6-15(7-5-14)23-20(25)16(19(24)22-21(23)26)9-13-3-8-17-18(10-13)28-11-27-17/h3-10,12H,11H2,1-2H3,(H,22,24,26)/b16-9-. The number of carbonyl (C=O) groups excluding carboxylic acids is 3. The molecular weight excluding hydrogens is 360 g/mol. The Kier molecular flexibility index (Phi) is 4.35. The largest absolute Gasteiger partial charge is 0.454 e. The first-order valence-electron chi connectivity index (χ1n) is 8.85. The maximum atomic E-state index is 12.9. The van der Waals surface area contributed by atoms with Gasteiger partial charge in [-0.25, -0.2) is 9.69 Å². The van der Waals surface area contributed by atoms with Gasteiger partial charge in [0.15, 0.2) is 11.5 Å². The van der Waals surface area contributed by atoms with E-state index in [0.29, 0.717) is 28.7 Å². The first kappa shape index (κ1) is 17.8. The van der Waals surface area contributed by atoms with Gasteiger partial charge in [0.05, 0.1) is 5.69 Å². The maximum absolute atomic E-state index is 12.9. The number of benzene rings is 2. The van der Waals surface area contributed by atoms with Gasteiger partial charge in [-0.3, -0.25) is 14.9 Å². The van der Waals surface area contributed by atoms with E-state index in [1.807, 2.05) is 12.1 Å². The number of hydrogen-bond acceptors (Lipinski definition) is 5. The number of fused-ring (bicyclic) bond motifs is 1. The molecule has 4 amide bonds. The molecule has 1 saturated heterocycles. The number of amides is 4. The number of rotatable bonds is 3. The van der Waals surface area contributed by atoms with E-state index >= 15 is 0 Å². The molecule has 142 valence electrons. The summed E-state index contributed by atoms with van der Waals surface area (Å²) in [7, 11) is 0. The third-order valence-electron chi connectivity index (χ3n) is 4.63. The number of urea groups is 1. The molecule has 28 heavy (non-hydrogen) atoms. The Balaban J connectivity index is 1.67. The van der Waals surface area contributed by atoms with E-state index < -0.39 is 17.8 Å². The number of carbonyl (C=O) groups is 3. The van der Waals surface area contributed by atoms with E-state index in [1.165, 1.54) is 6.08 Å². The monoisotopic (exact) mass is 378 g/mol. The van der Waals surface area contributed by atoms with E-state index in [-0.39, 0.29) is 12.4 Å². The molecule has 7 heteroatoms. The van der Waals surface area contributed by atoms with E-state index in [1.54, 1.807) is 30.3 Å². The van der Waals surface area contributed by atoms with Crippen molar-refractivity contribution >= 4 is 29.6 Å². The van der Waals surface area contributed by atoms with Gasteiger partial charge in [-0.2, -0.15) is 0 Å². The lowest BCUT2D eigenvalue weighted by Gasteiger charge is -2.26. The zero-order valence-corrected chi connectivity index (χ0v) is 15.4. The van der Waals surface area contributed by atoms with Crippen molar-refractivity contribution in [2.75, 3.05) is 11.7 Å². The summed E-state index contributed by atoms with van der Waals surface area (Å²) < 4.78 is 10.6. The minimum atomic E-state index is -0.768. The van der Waals surface area contributed by atoms with Gasteiger partial charge < -0.3 is 9.47 Å². The normalized spacial score (nSPS) is 17.5. The number of nitrogens with zero attached hydrogens (tertiary/aromatic N) is 1. The number of barbiturate groups is 1. The maximum Gasteiger partial charge on any atom is 0.335 e. The van der Waals surface area contributed by atoms with Crippen LogP contribution in [0.15, 0.2) is 48.0 Å². The predicted octanol–water partition coefficient (Wildman–Crippen LogP) is 3.21. The Bertz CT molecular complexity index is 1010. The van der Waals surface area contributed by atoms with Crippen molar-refractivity contribution in [2.24, 2.45) is 0 Å². The number of anilines is 1. The first-order valence-corrected chi connectivity index (χ1v) is 8.85. The summed E-state index contributed by atoms with van der Waals surface area (Å²) >= 11 is 0. The van der Waals surface area contributed by atoms with Crippen molar-refractivity contribution < 1.29 is 23.9 Å². The van der Waals surface area contributed by atoms with Gasteiger partial charge in [-0.1, -0.05) is 32.0 Å². The molecule has 0 saturated carbocycles. The molecule has 1 fully saturated rings. The van der Waals surface area contributed by atoms with Gasteiger partial charge in [0.2, 0.25) is 6.79 Å². The quantitative estimate of drug-likeness (QED) is 0.655. The summed E-state index contributed by atoms with van der Waals surface area (Å²) in [5.74, 6) is 0.0493. The van der Waals surface area contributed by atoms with Crippen molar-refractivity contribution in [3.05, 3.63) is 59.2 Å². The van der Waals surface area contributed by atoms with Crippen LogP contribution in [0.4, 0.5) is 10.5 Å². The number of imide groups is 2. The van der Waals surface area contributed by atoms with E-state index in [4.69, 9.17) is 9.47 Å². The second-order valence-electron chi connectivity index (χ2n) is 6.82. The van der Waals surface area contributed by atoms with Crippen LogP contribution in [0.25, 0.3) is 6.08 Å². The van der Waals surface area contributed by atoms with Crippen LogP contribution >= 0.6 is 0 Å². The molecule has 7 nitrogen and oxygen atoms in total. The fourth-order valence-corrected chi connectivity index (χ4v) is 3.07. The van der Waals surface area contributed by atoms with Gasteiger partial charge in [0.1, 0.15) is 5.57 Å². The topological polar surface area (TPSA) is 84.9 Å². The molecule has 0 radical (unpaired) electrons. The van der Waals surface area contributed by atoms with Gasteiger partial charge in [-0.05, 0) is 47.4 Å². The average molecular weight is 378 g/mol. The lowest BCUT2D eigenvalue weighted by Crippen LogP contribution is -2.54. The highest BCUT2D eigenvalue weighted by molar-refractivity contribution is 6.39. The van der Waals surface area contributed by atoms with Crippen LogP contribution < -0.4 is 19.7 Å². The second-order valence-corrected chi connectivity index (χ2v) is 6.82. The molecule has 0 aromatic heterocycles. The summed E-state index contributed by atoms with van der Waals surface area (Å²) in [4.78, 5) is 38.5. The Morgan fingerprint density at radius 3 is 2.43 bits per heavy atom. The summed E-state index contributed by atoms with van der Waals surface area (Å²) in [6.07, 6.45) is 1.43. The van der Waals surface area contributed by atoms with Crippen LogP contribution in [0.3, 0.4) is 0 Å². The van der Waals surface area contributed by atoms with Gasteiger partial charge in [0, 0.05) is 0 Å². The van der Waals surface area contributed by atoms with Crippen LogP contribution in [0.5, 0.6) is 11.5 Å².